The lowest BCUT2D eigenvalue weighted by Crippen LogP contribution is -2.41. The largest absolute Gasteiger partial charge is 0.274 e. The molecule has 4 heteroatoms. The molecule has 0 heterocycles. The van der Waals surface area contributed by atoms with Crippen LogP contribution in [0.1, 0.15) is 27.7 Å². The summed E-state index contributed by atoms with van der Waals surface area (Å²) in [5.41, 5.74) is 2.99. The Hall–Kier alpha value is -1.51. The predicted molar refractivity (Wildman–Crippen MR) is 79.3 cm³/mol. The molecule has 0 fully saturated rings. The molecule has 0 aromatic rings. The van der Waals surface area contributed by atoms with E-state index < -0.39 is 5.41 Å². The third kappa shape index (κ3) is 3.72. The van der Waals surface area contributed by atoms with Crippen LogP contribution in [0.25, 0.3) is 0 Å². The highest BCUT2D eigenvalue weighted by Gasteiger charge is 2.32. The van der Waals surface area contributed by atoms with E-state index in [0.29, 0.717) is 5.70 Å². The third-order valence-electron chi connectivity index (χ3n) is 2.53. The molecule has 0 atom stereocenters. The topological polar surface area (TPSA) is 37.4 Å². The number of nitrogens with zero attached hydrogens (tertiary/aromatic N) is 1. The molecule has 3 nitrogen and oxygen atoms in total. The minimum absolute atomic E-state index is 0.207. The summed E-state index contributed by atoms with van der Waals surface area (Å²) < 4.78 is 0. The Bertz CT molecular complexity index is 515. The van der Waals surface area contributed by atoms with Crippen molar-refractivity contribution in [2.24, 2.45) is 5.41 Å². The maximum atomic E-state index is 12.5. The third-order valence-corrected chi connectivity index (χ3v) is 3.30. The second-order valence-corrected chi connectivity index (χ2v) is 6.05. The summed E-state index contributed by atoms with van der Waals surface area (Å²) in [5, 5.41) is 0. The number of carbonyl (C=O) groups excluding carboxylic acids is 2. The van der Waals surface area contributed by atoms with Gasteiger partial charge in [0.2, 0.25) is 11.8 Å². The second-order valence-electron chi connectivity index (χ2n) is 5.20. The Balaban J connectivity index is 3.35. The van der Waals surface area contributed by atoms with Crippen molar-refractivity contribution < 1.29 is 9.59 Å². The number of thioether (sulfide) groups is 1. The van der Waals surface area contributed by atoms with E-state index in [0.717, 1.165) is 4.91 Å². The van der Waals surface area contributed by atoms with Crippen molar-refractivity contribution in [3.8, 4) is 0 Å². The zero-order chi connectivity index (χ0) is 14.6. The van der Waals surface area contributed by atoms with E-state index in [4.69, 9.17) is 0 Å². The molecule has 0 bridgehead atoms. The first-order valence-corrected chi connectivity index (χ1v) is 7.24. The molecule has 0 saturated carbocycles. The Morgan fingerprint density at radius 2 is 1.95 bits per heavy atom. The van der Waals surface area contributed by atoms with E-state index >= 15 is 0 Å². The van der Waals surface area contributed by atoms with Crippen LogP contribution < -0.4 is 0 Å². The predicted octanol–water partition coefficient (Wildman–Crippen LogP) is 3.26. The summed E-state index contributed by atoms with van der Waals surface area (Å²) in [6, 6.07) is 0. The van der Waals surface area contributed by atoms with Gasteiger partial charge in [-0.3, -0.25) is 9.59 Å². The number of allylic oxidation sites excluding steroid dienone is 3. The highest BCUT2D eigenvalue weighted by molar-refractivity contribution is 8.02. The van der Waals surface area contributed by atoms with Gasteiger partial charge in [0, 0.05) is 17.2 Å². The van der Waals surface area contributed by atoms with Crippen LogP contribution in [0.4, 0.5) is 0 Å². The van der Waals surface area contributed by atoms with Gasteiger partial charge in [-0.15, -0.1) is 17.5 Å². The summed E-state index contributed by atoms with van der Waals surface area (Å²) >= 11 is 1.49. The van der Waals surface area contributed by atoms with Crippen LogP contribution in [0.5, 0.6) is 0 Å². The minimum Gasteiger partial charge on any atom is -0.274 e. The summed E-state index contributed by atoms with van der Waals surface area (Å²) in [5.74, 6) is -0.483. The first kappa shape index (κ1) is 15.5. The molecule has 0 radical (unpaired) electrons. The minimum atomic E-state index is -0.612. The van der Waals surface area contributed by atoms with Crippen molar-refractivity contribution in [1.29, 1.82) is 0 Å². The van der Waals surface area contributed by atoms with Crippen LogP contribution in [-0.2, 0) is 9.59 Å². The normalized spacial score (nSPS) is 14.6. The molecule has 0 aliphatic heterocycles. The van der Waals surface area contributed by atoms with E-state index in [1.807, 2.05) is 6.26 Å². The van der Waals surface area contributed by atoms with E-state index in [1.165, 1.54) is 23.6 Å². The molecule has 1 aliphatic carbocycles. The Labute approximate surface area is 118 Å². The van der Waals surface area contributed by atoms with Crippen molar-refractivity contribution in [2.75, 3.05) is 6.26 Å². The Kier molecular flexibility index (Phi) is 4.98. The van der Waals surface area contributed by atoms with Gasteiger partial charge < -0.3 is 0 Å². The maximum absolute atomic E-state index is 12.5. The first-order chi connectivity index (χ1) is 8.79. The lowest BCUT2D eigenvalue weighted by atomic mass is 9.94. The number of hydrogen-bond donors (Lipinski definition) is 0. The van der Waals surface area contributed by atoms with Crippen LogP contribution in [-0.4, -0.2) is 23.0 Å². The molecule has 2 amide bonds. The molecule has 0 N–H and O–H groups in total. The Morgan fingerprint density at radius 3 is 2.42 bits per heavy atom. The summed E-state index contributed by atoms with van der Waals surface area (Å²) in [4.78, 5) is 26.4. The molecule has 1 aliphatic rings. The van der Waals surface area contributed by atoms with Gasteiger partial charge in [-0.05, 0) is 24.5 Å². The zero-order valence-corrected chi connectivity index (χ0v) is 12.8. The standard InChI is InChI=1S/C15H19NO2S/c1-11(17)16(14(18)15(2,3)4)12-9-7-6-8-10-13(12)19-5/h6-7,9-10H,1-5H3. The number of imide groups is 1. The van der Waals surface area contributed by atoms with Crippen LogP contribution >= 0.6 is 11.8 Å². The SMILES string of the molecule is CSC1=C(N(C(C)=O)C(=O)C(C)(C)C)C=CC=C=C1. The Morgan fingerprint density at radius 1 is 1.32 bits per heavy atom. The van der Waals surface area contributed by atoms with Gasteiger partial charge in [-0.1, -0.05) is 26.8 Å². The van der Waals surface area contributed by atoms with Crippen LogP contribution in [0, 0.1) is 5.41 Å². The molecule has 102 valence electrons. The highest BCUT2D eigenvalue weighted by atomic mass is 32.2. The lowest BCUT2D eigenvalue weighted by Gasteiger charge is -2.28. The smallest absolute Gasteiger partial charge is 0.239 e. The maximum Gasteiger partial charge on any atom is 0.239 e. The summed E-state index contributed by atoms with van der Waals surface area (Å²) in [6.07, 6.45) is 9.00. The van der Waals surface area contributed by atoms with Crippen molar-refractivity contribution in [2.45, 2.75) is 27.7 Å². The van der Waals surface area contributed by atoms with E-state index in [2.05, 4.69) is 5.73 Å². The fourth-order valence-corrected chi connectivity index (χ4v) is 2.13. The van der Waals surface area contributed by atoms with Crippen molar-refractivity contribution in [3.63, 3.8) is 0 Å². The molecule has 0 unspecified atom stereocenters. The van der Waals surface area contributed by atoms with Crippen LogP contribution in [0.2, 0.25) is 0 Å². The molecule has 19 heavy (non-hydrogen) atoms. The van der Waals surface area contributed by atoms with Gasteiger partial charge in [0.1, 0.15) is 0 Å². The summed E-state index contributed by atoms with van der Waals surface area (Å²) in [7, 11) is 0. The zero-order valence-electron chi connectivity index (χ0n) is 12.0. The van der Waals surface area contributed by atoms with Gasteiger partial charge in [-0.2, -0.15) is 0 Å². The molecule has 0 spiro atoms. The van der Waals surface area contributed by atoms with E-state index in [9.17, 15) is 9.59 Å². The molecule has 0 aromatic heterocycles. The average Bonchev–Trinajstić information content (AvgIpc) is 2.53. The quantitative estimate of drug-likeness (QED) is 0.727. The first-order valence-electron chi connectivity index (χ1n) is 6.01. The monoisotopic (exact) mass is 277 g/mol. The highest BCUT2D eigenvalue weighted by Crippen LogP contribution is 2.28. The van der Waals surface area contributed by atoms with Crippen LogP contribution in [0.3, 0.4) is 0 Å². The number of amides is 2. The van der Waals surface area contributed by atoms with E-state index in [-0.39, 0.29) is 11.8 Å². The fourth-order valence-electron chi connectivity index (χ4n) is 1.58. The van der Waals surface area contributed by atoms with Gasteiger partial charge in [-0.25, -0.2) is 4.90 Å². The van der Waals surface area contributed by atoms with Crippen molar-refractivity contribution in [3.05, 3.63) is 40.6 Å². The van der Waals surface area contributed by atoms with Gasteiger partial charge >= 0.3 is 0 Å². The van der Waals surface area contributed by atoms with Crippen LogP contribution in [0.15, 0.2) is 40.6 Å². The van der Waals surface area contributed by atoms with E-state index in [1.54, 1.807) is 45.1 Å². The van der Waals surface area contributed by atoms with Gasteiger partial charge in [0.15, 0.2) is 0 Å². The number of carbonyl (C=O) groups is 2. The molecule has 1 rings (SSSR count). The van der Waals surface area contributed by atoms with Crippen molar-refractivity contribution >= 4 is 23.6 Å². The van der Waals surface area contributed by atoms with Crippen molar-refractivity contribution in [1.82, 2.24) is 4.90 Å². The van der Waals surface area contributed by atoms with Gasteiger partial charge in [0.25, 0.3) is 0 Å². The molecule has 0 saturated heterocycles. The fraction of sp³-hybridized carbons (Fsp3) is 0.400. The molecule has 0 aromatic carbocycles. The van der Waals surface area contributed by atoms with Gasteiger partial charge in [0.05, 0.1) is 5.70 Å². The number of rotatable bonds is 2. The lowest BCUT2D eigenvalue weighted by molar-refractivity contribution is -0.146. The molecular weight excluding hydrogens is 258 g/mol. The second kappa shape index (κ2) is 6.09. The summed E-state index contributed by atoms with van der Waals surface area (Å²) in [6.45, 7) is 6.82. The number of hydrogen-bond acceptors (Lipinski definition) is 3. The average molecular weight is 277 g/mol. The molecular formula is C15H19NO2S.